The largest absolute Gasteiger partial charge is 0.457 e. The molecular formula is C25H28N4O3S. The Morgan fingerprint density at radius 3 is 2.88 bits per heavy atom. The first-order chi connectivity index (χ1) is 16.0. The molecule has 8 heteroatoms. The number of aliphatic hydroxyl groups is 1. The summed E-state index contributed by atoms with van der Waals surface area (Å²) in [6.45, 7) is 7.14. The topological polar surface area (TPSA) is 78.8 Å². The summed E-state index contributed by atoms with van der Waals surface area (Å²) >= 11 is 1.76. The van der Waals surface area contributed by atoms with Gasteiger partial charge in [0.2, 0.25) is 0 Å². The fourth-order valence-electron chi connectivity index (χ4n) is 5.74. The maximum Gasteiger partial charge on any atom is 0.338 e. The number of likely N-dealkylation sites (tertiary alicyclic amines) is 1. The number of aromatic nitrogens is 2. The zero-order valence-corrected chi connectivity index (χ0v) is 19.6. The lowest BCUT2D eigenvalue weighted by Crippen LogP contribution is -2.43. The van der Waals surface area contributed by atoms with E-state index in [-0.39, 0.29) is 5.97 Å². The second-order valence-corrected chi connectivity index (χ2v) is 10.7. The number of piperidine rings is 1. The number of anilines is 1. The molecule has 1 atom stereocenters. The van der Waals surface area contributed by atoms with E-state index in [0.717, 1.165) is 65.9 Å². The third kappa shape index (κ3) is 3.70. The minimum absolute atomic E-state index is 0.260. The minimum Gasteiger partial charge on any atom is -0.457 e. The number of hydrogen-bond donors (Lipinski definition) is 1. The number of rotatable bonds is 4. The molecule has 3 aliphatic rings. The fraction of sp³-hybridized carbons (Fsp3) is 0.480. The Hall–Kier alpha value is -2.55. The van der Waals surface area contributed by atoms with Crippen molar-refractivity contribution in [1.82, 2.24) is 14.9 Å². The van der Waals surface area contributed by atoms with Gasteiger partial charge in [0.05, 0.1) is 16.7 Å². The average Bonchev–Trinajstić information content (AvgIpc) is 3.53. The van der Waals surface area contributed by atoms with Crippen LogP contribution in [0.3, 0.4) is 0 Å². The molecule has 0 radical (unpaired) electrons. The lowest BCUT2D eigenvalue weighted by molar-refractivity contribution is 0.0534. The van der Waals surface area contributed by atoms with Crippen LogP contribution in [0.1, 0.15) is 52.4 Å². The standard InChI is InChI=1S/C25H28N4O3S/c1-16-18(2-3-19-20(16)13-32-24(19)31)21(30)12-28-7-4-25(5-8-28)6-9-29(14-25)22-10-17-11-26-15-27-23(17)33-22/h2-3,10-11,15,21,30H,4-9,12-14H2,1H3. The van der Waals surface area contributed by atoms with Gasteiger partial charge in [-0.1, -0.05) is 17.4 Å². The molecule has 0 saturated carbocycles. The van der Waals surface area contributed by atoms with Crippen LogP contribution in [0.25, 0.3) is 10.2 Å². The Bertz CT molecular complexity index is 1180. The zero-order valence-electron chi connectivity index (χ0n) is 18.8. The van der Waals surface area contributed by atoms with E-state index in [0.29, 0.717) is 24.1 Å². The first-order valence-electron chi connectivity index (χ1n) is 11.7. The number of thiophene rings is 1. The van der Waals surface area contributed by atoms with Crippen LogP contribution in [0.5, 0.6) is 0 Å². The first kappa shape index (κ1) is 21.0. The molecule has 2 aromatic heterocycles. The van der Waals surface area contributed by atoms with Crippen molar-refractivity contribution in [2.75, 3.05) is 37.6 Å². The lowest BCUT2D eigenvalue weighted by atomic mass is 9.77. The van der Waals surface area contributed by atoms with Crippen LogP contribution < -0.4 is 4.90 Å². The van der Waals surface area contributed by atoms with Crippen molar-refractivity contribution in [2.45, 2.75) is 38.9 Å². The number of carbonyl (C=O) groups excluding carboxylic acids is 1. The van der Waals surface area contributed by atoms with Crippen molar-refractivity contribution < 1.29 is 14.6 Å². The van der Waals surface area contributed by atoms with Crippen LogP contribution in [0.15, 0.2) is 30.7 Å². The minimum atomic E-state index is -0.556. The van der Waals surface area contributed by atoms with E-state index in [1.54, 1.807) is 23.7 Å². The van der Waals surface area contributed by atoms with Crippen molar-refractivity contribution in [3.63, 3.8) is 0 Å². The van der Waals surface area contributed by atoms with Gasteiger partial charge in [0.1, 0.15) is 17.8 Å². The monoisotopic (exact) mass is 464 g/mol. The van der Waals surface area contributed by atoms with E-state index in [4.69, 9.17) is 4.74 Å². The van der Waals surface area contributed by atoms with E-state index >= 15 is 0 Å². The highest BCUT2D eigenvalue weighted by Gasteiger charge is 2.41. The molecule has 7 nitrogen and oxygen atoms in total. The second-order valence-electron chi connectivity index (χ2n) is 9.74. The number of benzene rings is 1. The van der Waals surface area contributed by atoms with E-state index in [1.807, 2.05) is 19.2 Å². The Balaban J connectivity index is 1.08. The van der Waals surface area contributed by atoms with E-state index in [2.05, 4.69) is 25.8 Å². The summed E-state index contributed by atoms with van der Waals surface area (Å²) in [4.78, 5) is 26.3. The van der Waals surface area contributed by atoms with Gasteiger partial charge in [-0.2, -0.15) is 0 Å². The van der Waals surface area contributed by atoms with Crippen LogP contribution in [0, 0.1) is 12.3 Å². The molecule has 33 heavy (non-hydrogen) atoms. The molecular weight excluding hydrogens is 436 g/mol. The highest BCUT2D eigenvalue weighted by atomic mass is 32.1. The molecule has 1 N–H and O–H groups in total. The van der Waals surface area contributed by atoms with Gasteiger partial charge in [-0.15, -0.1) is 0 Å². The van der Waals surface area contributed by atoms with Crippen LogP contribution in [-0.4, -0.2) is 58.7 Å². The van der Waals surface area contributed by atoms with Gasteiger partial charge in [0.15, 0.2) is 0 Å². The molecule has 172 valence electrons. The van der Waals surface area contributed by atoms with E-state index < -0.39 is 6.10 Å². The molecule has 2 saturated heterocycles. The number of hydrogen-bond acceptors (Lipinski definition) is 8. The highest BCUT2D eigenvalue weighted by Crippen LogP contribution is 2.44. The summed E-state index contributed by atoms with van der Waals surface area (Å²) in [5, 5.41) is 13.4. The summed E-state index contributed by atoms with van der Waals surface area (Å²) in [7, 11) is 0. The van der Waals surface area contributed by atoms with Crippen LogP contribution in [-0.2, 0) is 11.3 Å². The predicted molar refractivity (Wildman–Crippen MR) is 128 cm³/mol. The van der Waals surface area contributed by atoms with Gasteiger partial charge in [0.25, 0.3) is 0 Å². The lowest BCUT2D eigenvalue weighted by Gasteiger charge is -2.40. The number of ether oxygens (including phenoxy) is 1. The summed E-state index contributed by atoms with van der Waals surface area (Å²) in [6.07, 6.45) is 6.50. The van der Waals surface area contributed by atoms with Gasteiger partial charge in [-0.05, 0) is 68.0 Å². The Kier molecular flexibility index (Phi) is 5.12. The van der Waals surface area contributed by atoms with Gasteiger partial charge in [-0.3, -0.25) is 0 Å². The smallest absolute Gasteiger partial charge is 0.338 e. The fourth-order valence-corrected chi connectivity index (χ4v) is 6.74. The molecule has 2 fully saturated rings. The molecule has 0 amide bonds. The third-order valence-corrected chi connectivity index (χ3v) is 8.97. The van der Waals surface area contributed by atoms with Gasteiger partial charge in [0, 0.05) is 36.8 Å². The SMILES string of the molecule is Cc1c(C(O)CN2CCC3(CC2)CCN(c2cc4cncnc4s2)C3)ccc2c1COC2=O. The van der Waals surface area contributed by atoms with Crippen molar-refractivity contribution in [3.05, 3.63) is 53.0 Å². The molecule has 0 bridgehead atoms. The number of esters is 1. The normalized spacial score (nSPS) is 21.0. The number of cyclic esters (lactones) is 1. The van der Waals surface area contributed by atoms with E-state index in [1.165, 1.54) is 11.4 Å². The van der Waals surface area contributed by atoms with Gasteiger partial charge in [-0.25, -0.2) is 14.8 Å². The second kappa shape index (κ2) is 8.04. The summed E-state index contributed by atoms with van der Waals surface area (Å²) in [6, 6.07) is 5.91. The van der Waals surface area contributed by atoms with Crippen LogP contribution in [0.2, 0.25) is 0 Å². The molecule has 1 aromatic carbocycles. The molecule has 1 spiro atoms. The highest BCUT2D eigenvalue weighted by molar-refractivity contribution is 7.22. The van der Waals surface area contributed by atoms with Crippen molar-refractivity contribution in [3.8, 4) is 0 Å². The molecule has 0 aliphatic carbocycles. The Morgan fingerprint density at radius 1 is 1.24 bits per heavy atom. The summed E-state index contributed by atoms with van der Waals surface area (Å²) in [5.74, 6) is -0.260. The summed E-state index contributed by atoms with van der Waals surface area (Å²) in [5.41, 5.74) is 3.82. The van der Waals surface area contributed by atoms with Crippen LogP contribution >= 0.6 is 11.3 Å². The molecule has 3 aromatic rings. The van der Waals surface area contributed by atoms with E-state index in [9.17, 15) is 9.90 Å². The maximum atomic E-state index is 11.8. The van der Waals surface area contributed by atoms with Crippen molar-refractivity contribution in [1.29, 1.82) is 0 Å². The number of fused-ring (bicyclic) bond motifs is 2. The van der Waals surface area contributed by atoms with Crippen molar-refractivity contribution >= 4 is 32.5 Å². The van der Waals surface area contributed by atoms with Crippen LogP contribution in [0.4, 0.5) is 5.00 Å². The molecule has 6 rings (SSSR count). The maximum absolute atomic E-state index is 11.8. The number of β-amino-alcohol motifs (C(OH)–C–C–N with tert-alkyl or cyclic N) is 1. The van der Waals surface area contributed by atoms with Gasteiger partial charge < -0.3 is 19.6 Å². The quantitative estimate of drug-likeness (QED) is 0.590. The molecule has 3 aliphatic heterocycles. The number of nitrogens with zero attached hydrogens (tertiary/aromatic N) is 4. The number of carbonyl (C=O) groups is 1. The Morgan fingerprint density at radius 2 is 2.06 bits per heavy atom. The Labute approximate surface area is 197 Å². The summed E-state index contributed by atoms with van der Waals surface area (Å²) < 4.78 is 5.16. The average molecular weight is 465 g/mol. The molecule has 5 heterocycles. The zero-order chi connectivity index (χ0) is 22.6. The number of aliphatic hydroxyl groups excluding tert-OH is 1. The van der Waals surface area contributed by atoms with Gasteiger partial charge >= 0.3 is 5.97 Å². The molecule has 1 unspecified atom stereocenters. The van der Waals surface area contributed by atoms with Crippen molar-refractivity contribution in [2.24, 2.45) is 5.41 Å². The predicted octanol–water partition coefficient (Wildman–Crippen LogP) is 3.70. The third-order valence-electron chi connectivity index (χ3n) is 7.85. The first-order valence-corrected chi connectivity index (χ1v) is 12.5.